The summed E-state index contributed by atoms with van der Waals surface area (Å²) in [6, 6.07) is 11.6. The second kappa shape index (κ2) is 17.4. The molecule has 3 heterocycles. The lowest BCUT2D eigenvalue weighted by molar-refractivity contribution is -0.157. The topological polar surface area (TPSA) is 166 Å². The number of nitrogen functional groups attached to an aromatic ring is 1. The zero-order chi connectivity index (χ0) is 38.4. The van der Waals surface area contributed by atoms with E-state index in [9.17, 15) is 19.2 Å². The van der Waals surface area contributed by atoms with Crippen LogP contribution in [0.5, 0.6) is 5.75 Å². The number of rotatable bonds is 14. The predicted octanol–water partition coefficient (Wildman–Crippen LogP) is 3.19. The van der Waals surface area contributed by atoms with Crippen LogP contribution in [-0.2, 0) is 27.3 Å². The van der Waals surface area contributed by atoms with E-state index >= 15 is 0 Å². The lowest BCUT2D eigenvalue weighted by Crippen LogP contribution is -2.66. The van der Waals surface area contributed by atoms with Crippen molar-refractivity contribution in [3.8, 4) is 5.75 Å². The summed E-state index contributed by atoms with van der Waals surface area (Å²) in [7, 11) is 5.50. The van der Waals surface area contributed by atoms with Crippen molar-refractivity contribution in [3.05, 3.63) is 77.4 Å². The number of nitrogens with one attached hydrogen (secondary N) is 2. The highest BCUT2D eigenvalue weighted by atomic mass is 32.1. The fraction of sp³-hybridized carbons (Fsp3) is 0.447. The minimum absolute atomic E-state index is 0.0169. The summed E-state index contributed by atoms with van der Waals surface area (Å²) in [6.45, 7) is 4.19. The number of hydrogen-bond acceptors (Lipinski definition) is 11. The average molecular weight is 760 g/mol. The number of amides is 5. The highest BCUT2D eigenvalue weighted by Gasteiger charge is 2.52. The SMILES string of the molecule is CCCN(C(=O)NCC1=CCC(OC)C=C1)N1CC(=O)N2[C@@H](Cc3ccc(OC(=O)NCCN(C)C)cc3)C(=O)N(Cc3cccc4sc(N)nc34)C[C@@H]21. The predicted molar refractivity (Wildman–Crippen MR) is 206 cm³/mol. The summed E-state index contributed by atoms with van der Waals surface area (Å²) in [5.41, 5.74) is 9.40. The molecule has 4 N–H and O–H groups in total. The number of likely N-dealkylation sites (N-methyl/N-ethyl adjacent to an activating group) is 1. The summed E-state index contributed by atoms with van der Waals surface area (Å²) in [5, 5.41) is 9.60. The first-order valence-electron chi connectivity index (χ1n) is 18.2. The van der Waals surface area contributed by atoms with Gasteiger partial charge in [0.25, 0.3) is 0 Å². The van der Waals surface area contributed by atoms with E-state index in [-0.39, 0.29) is 50.0 Å². The van der Waals surface area contributed by atoms with Crippen molar-refractivity contribution < 1.29 is 28.7 Å². The third-order valence-electron chi connectivity index (χ3n) is 9.70. The molecule has 2 aromatic carbocycles. The third-order valence-corrected chi connectivity index (χ3v) is 10.6. The minimum atomic E-state index is -0.847. The number of fused-ring (bicyclic) bond motifs is 2. The molecule has 54 heavy (non-hydrogen) atoms. The summed E-state index contributed by atoms with van der Waals surface area (Å²) >= 11 is 1.39. The average Bonchev–Trinajstić information content (AvgIpc) is 3.70. The molecule has 3 aliphatic rings. The molecule has 1 aromatic heterocycles. The van der Waals surface area contributed by atoms with Crippen LogP contribution in [0, 0.1) is 0 Å². The molecule has 0 spiro atoms. The molecule has 0 bridgehead atoms. The second-order valence-electron chi connectivity index (χ2n) is 13.8. The number of aromatic nitrogens is 1. The molecule has 1 aliphatic carbocycles. The number of hydrogen-bond donors (Lipinski definition) is 3. The number of nitrogens with zero attached hydrogens (tertiary/aromatic N) is 6. The number of methoxy groups -OCH3 is 1. The number of benzene rings is 2. The first-order chi connectivity index (χ1) is 26.0. The van der Waals surface area contributed by atoms with Gasteiger partial charge in [0.2, 0.25) is 11.8 Å². The standard InChI is InChI=1S/C38H49N9O6S/c1-5-18-45(37(50)41-21-26-11-13-28(52-4)14-12-26)46-24-33(48)47-30(20-25-9-15-29(16-10-25)53-38(51)40-17-19-43(2)3)35(49)44(23-32(46)47)22-27-7-6-8-31-34(27)42-36(39)54-31/h6-13,15-16,28,30,32H,5,14,17-24H2,1-4H3,(H2,39,42)(H,40,51)(H,41,50)/t28?,30-,32+/m0/s1. The Bertz CT molecular complexity index is 1900. The maximum atomic E-state index is 14.5. The zero-order valence-corrected chi connectivity index (χ0v) is 32.0. The van der Waals surface area contributed by atoms with Crippen LogP contribution in [0.4, 0.5) is 14.7 Å². The number of urea groups is 1. The van der Waals surface area contributed by atoms with E-state index in [4.69, 9.17) is 15.2 Å². The summed E-state index contributed by atoms with van der Waals surface area (Å²) in [4.78, 5) is 64.4. The Morgan fingerprint density at radius 2 is 1.89 bits per heavy atom. The number of anilines is 1. The number of hydrazine groups is 1. The van der Waals surface area contributed by atoms with Gasteiger partial charge in [-0.1, -0.05) is 60.8 Å². The fourth-order valence-electron chi connectivity index (χ4n) is 6.97. The Morgan fingerprint density at radius 3 is 2.59 bits per heavy atom. The largest absolute Gasteiger partial charge is 0.412 e. The van der Waals surface area contributed by atoms with Crippen LogP contribution in [0.15, 0.2) is 66.3 Å². The fourth-order valence-corrected chi connectivity index (χ4v) is 7.75. The normalized spacial score (nSPS) is 20.0. The van der Waals surface area contributed by atoms with Gasteiger partial charge in [-0.25, -0.2) is 14.6 Å². The molecule has 15 nitrogen and oxygen atoms in total. The van der Waals surface area contributed by atoms with Crippen LogP contribution in [0.25, 0.3) is 10.2 Å². The monoisotopic (exact) mass is 759 g/mol. The van der Waals surface area contributed by atoms with E-state index in [2.05, 4.69) is 15.6 Å². The van der Waals surface area contributed by atoms with Crippen molar-refractivity contribution in [2.24, 2.45) is 0 Å². The highest BCUT2D eigenvalue weighted by molar-refractivity contribution is 7.22. The third kappa shape index (κ3) is 9.01. The lowest BCUT2D eigenvalue weighted by Gasteiger charge is -2.46. The maximum absolute atomic E-state index is 14.5. The maximum Gasteiger partial charge on any atom is 0.412 e. The van der Waals surface area contributed by atoms with E-state index < -0.39 is 18.3 Å². The van der Waals surface area contributed by atoms with Gasteiger partial charge in [-0.05, 0) is 61.8 Å². The van der Waals surface area contributed by atoms with E-state index in [0.717, 1.165) is 33.3 Å². The first-order valence-corrected chi connectivity index (χ1v) is 19.0. The van der Waals surface area contributed by atoms with E-state index in [1.165, 1.54) is 11.3 Å². The number of thiazole rings is 1. The smallest absolute Gasteiger partial charge is 0.410 e. The zero-order valence-electron chi connectivity index (χ0n) is 31.2. The van der Waals surface area contributed by atoms with Gasteiger partial charge in [0.15, 0.2) is 5.13 Å². The number of carbonyl (C=O) groups is 4. The molecule has 0 saturated carbocycles. The Morgan fingerprint density at radius 1 is 1.09 bits per heavy atom. The van der Waals surface area contributed by atoms with Gasteiger partial charge in [0.1, 0.15) is 18.0 Å². The number of piperazine rings is 1. The van der Waals surface area contributed by atoms with Crippen LogP contribution < -0.4 is 21.1 Å². The number of ether oxygens (including phenoxy) is 2. The van der Waals surface area contributed by atoms with Crippen LogP contribution in [0.1, 0.15) is 30.9 Å². The van der Waals surface area contributed by atoms with Crippen LogP contribution in [0.2, 0.25) is 0 Å². The van der Waals surface area contributed by atoms with E-state index in [1.807, 2.05) is 62.3 Å². The Balaban J connectivity index is 1.24. The second-order valence-corrected chi connectivity index (χ2v) is 14.9. The summed E-state index contributed by atoms with van der Waals surface area (Å²) in [6.07, 6.45) is 6.44. The quantitative estimate of drug-likeness (QED) is 0.222. The van der Waals surface area contributed by atoms with Crippen molar-refractivity contribution in [2.75, 3.05) is 66.2 Å². The molecular weight excluding hydrogens is 711 g/mol. The van der Waals surface area contributed by atoms with Gasteiger partial charge >= 0.3 is 12.1 Å². The van der Waals surface area contributed by atoms with Gasteiger partial charge in [-0.2, -0.15) is 5.01 Å². The van der Waals surface area contributed by atoms with Crippen molar-refractivity contribution in [2.45, 2.75) is 51.0 Å². The molecule has 288 valence electrons. The van der Waals surface area contributed by atoms with Crippen molar-refractivity contribution in [1.82, 2.24) is 40.3 Å². The number of nitrogens with two attached hydrogens (primary N) is 1. The van der Waals surface area contributed by atoms with Gasteiger partial charge in [-0.3, -0.25) is 14.6 Å². The molecule has 6 rings (SSSR count). The van der Waals surface area contributed by atoms with Crippen LogP contribution in [-0.4, -0.2) is 132 Å². The van der Waals surface area contributed by atoms with Gasteiger partial charge in [0.05, 0.1) is 29.4 Å². The Labute approximate surface area is 319 Å². The van der Waals surface area contributed by atoms with Crippen LogP contribution in [0.3, 0.4) is 0 Å². The van der Waals surface area contributed by atoms with Crippen molar-refractivity contribution >= 4 is 50.6 Å². The Hall–Kier alpha value is -5.03. The molecular formula is C38H49N9O6S. The molecule has 2 aliphatic heterocycles. The van der Waals surface area contributed by atoms with Gasteiger partial charge in [-0.15, -0.1) is 0 Å². The summed E-state index contributed by atoms with van der Waals surface area (Å²) in [5.74, 6) is -0.0906. The molecule has 16 heteroatoms. The first kappa shape index (κ1) is 38.7. The summed E-state index contributed by atoms with van der Waals surface area (Å²) < 4.78 is 11.8. The molecule has 0 radical (unpaired) electrons. The van der Waals surface area contributed by atoms with Gasteiger partial charge in [0, 0.05) is 46.3 Å². The minimum Gasteiger partial charge on any atom is -0.410 e. The van der Waals surface area contributed by atoms with Crippen molar-refractivity contribution in [1.29, 1.82) is 0 Å². The molecule has 2 fully saturated rings. The van der Waals surface area contributed by atoms with Gasteiger partial charge < -0.3 is 40.5 Å². The Kier molecular flexibility index (Phi) is 12.5. The van der Waals surface area contributed by atoms with E-state index in [0.29, 0.717) is 43.5 Å². The highest BCUT2D eigenvalue weighted by Crippen LogP contribution is 2.33. The molecule has 3 aromatic rings. The van der Waals surface area contributed by atoms with Crippen LogP contribution >= 0.6 is 11.3 Å². The molecule has 2 saturated heterocycles. The number of carbonyl (C=O) groups excluding carboxylic acids is 4. The molecule has 3 atom stereocenters. The molecule has 5 amide bonds. The lowest BCUT2D eigenvalue weighted by atomic mass is 9.99. The molecule has 1 unspecified atom stereocenters. The van der Waals surface area contributed by atoms with E-state index in [1.54, 1.807) is 51.2 Å². The van der Waals surface area contributed by atoms with Crippen molar-refractivity contribution in [3.63, 3.8) is 0 Å². The number of para-hydroxylation sites is 1.